The van der Waals surface area contributed by atoms with Crippen LogP contribution in [0.3, 0.4) is 0 Å². The smallest absolute Gasteiger partial charge is 0.310 e. The van der Waals surface area contributed by atoms with Crippen LogP contribution in [-0.2, 0) is 20.7 Å². The van der Waals surface area contributed by atoms with E-state index in [0.717, 1.165) is 24.1 Å². The summed E-state index contributed by atoms with van der Waals surface area (Å²) in [6.45, 7) is 0. The minimum Gasteiger partial charge on any atom is -0.469 e. The zero-order chi connectivity index (χ0) is 13.9. The number of rotatable bonds is 6. The van der Waals surface area contributed by atoms with Gasteiger partial charge in [-0.2, -0.15) is 0 Å². The summed E-state index contributed by atoms with van der Waals surface area (Å²) in [6.07, 6.45) is 3.69. The molecule has 4 nitrogen and oxygen atoms in total. The average molecular weight is 282 g/mol. The lowest BCUT2D eigenvalue weighted by molar-refractivity contribution is -0.139. The molecule has 0 amide bonds. The van der Waals surface area contributed by atoms with E-state index in [1.54, 1.807) is 13.2 Å². The Bertz CT molecular complexity index is 468. The second-order valence-corrected chi connectivity index (χ2v) is 6.03. The fourth-order valence-corrected chi connectivity index (χ4v) is 3.17. The van der Waals surface area contributed by atoms with Gasteiger partial charge in [0.25, 0.3) is 0 Å². The molecule has 0 bridgehead atoms. The second kappa shape index (κ2) is 5.84. The Morgan fingerprint density at radius 2 is 2.05 bits per heavy atom. The molecule has 1 aromatic rings. The van der Waals surface area contributed by atoms with Gasteiger partial charge in [-0.1, -0.05) is 0 Å². The SMILES string of the molecule is COC(=O)Cc1ccc(C(=O)CC2(OC)CCC2)s1. The highest BCUT2D eigenvalue weighted by Gasteiger charge is 2.39. The van der Waals surface area contributed by atoms with Gasteiger partial charge in [-0.05, 0) is 31.4 Å². The Balaban J connectivity index is 1.98. The fourth-order valence-electron chi connectivity index (χ4n) is 2.24. The van der Waals surface area contributed by atoms with Crippen molar-refractivity contribution in [1.82, 2.24) is 0 Å². The topological polar surface area (TPSA) is 52.6 Å². The van der Waals surface area contributed by atoms with Crippen molar-refractivity contribution in [1.29, 1.82) is 0 Å². The van der Waals surface area contributed by atoms with Gasteiger partial charge in [-0.3, -0.25) is 9.59 Å². The molecule has 1 saturated carbocycles. The van der Waals surface area contributed by atoms with Gasteiger partial charge in [0, 0.05) is 18.4 Å². The number of ketones is 1. The first kappa shape index (κ1) is 14.2. The maximum absolute atomic E-state index is 12.2. The number of ether oxygens (including phenoxy) is 2. The van der Waals surface area contributed by atoms with Gasteiger partial charge in [0.2, 0.25) is 0 Å². The lowest BCUT2D eigenvalue weighted by atomic mass is 9.76. The molecule has 0 radical (unpaired) electrons. The predicted molar refractivity (Wildman–Crippen MR) is 72.6 cm³/mol. The number of thiophene rings is 1. The molecule has 0 spiro atoms. The molecule has 0 N–H and O–H groups in total. The van der Waals surface area contributed by atoms with Crippen LogP contribution in [0, 0.1) is 0 Å². The van der Waals surface area contributed by atoms with Crippen molar-refractivity contribution in [3.63, 3.8) is 0 Å². The van der Waals surface area contributed by atoms with Crippen LogP contribution in [0.2, 0.25) is 0 Å². The van der Waals surface area contributed by atoms with E-state index in [1.165, 1.54) is 18.4 Å². The van der Waals surface area contributed by atoms with Gasteiger partial charge in [0.15, 0.2) is 5.78 Å². The molecule has 2 rings (SSSR count). The van der Waals surface area contributed by atoms with Crippen LogP contribution in [0.1, 0.15) is 40.2 Å². The monoisotopic (exact) mass is 282 g/mol. The molecule has 1 aromatic heterocycles. The second-order valence-electron chi connectivity index (χ2n) is 4.86. The van der Waals surface area contributed by atoms with Crippen molar-refractivity contribution in [3.05, 3.63) is 21.9 Å². The first-order valence-electron chi connectivity index (χ1n) is 6.32. The maximum atomic E-state index is 12.2. The minimum atomic E-state index is -0.284. The molecular weight excluding hydrogens is 264 g/mol. The van der Waals surface area contributed by atoms with E-state index in [0.29, 0.717) is 11.3 Å². The van der Waals surface area contributed by atoms with Crippen molar-refractivity contribution in [2.45, 2.75) is 37.7 Å². The average Bonchev–Trinajstić information content (AvgIpc) is 2.82. The van der Waals surface area contributed by atoms with Crippen molar-refractivity contribution >= 4 is 23.1 Å². The number of hydrogen-bond donors (Lipinski definition) is 0. The fraction of sp³-hybridized carbons (Fsp3) is 0.571. The summed E-state index contributed by atoms with van der Waals surface area (Å²) in [5.74, 6) is -0.184. The summed E-state index contributed by atoms with van der Waals surface area (Å²) in [4.78, 5) is 24.9. The van der Waals surface area contributed by atoms with E-state index >= 15 is 0 Å². The number of Topliss-reactive ketones (excluding diaryl/α,β-unsaturated/α-hetero) is 1. The largest absolute Gasteiger partial charge is 0.469 e. The Hall–Kier alpha value is -1.20. The maximum Gasteiger partial charge on any atom is 0.310 e. The molecule has 1 heterocycles. The first-order valence-corrected chi connectivity index (χ1v) is 7.14. The van der Waals surface area contributed by atoms with Crippen LogP contribution in [-0.4, -0.2) is 31.6 Å². The third kappa shape index (κ3) is 3.22. The van der Waals surface area contributed by atoms with Gasteiger partial charge in [-0.25, -0.2) is 0 Å². The van der Waals surface area contributed by atoms with Crippen molar-refractivity contribution in [3.8, 4) is 0 Å². The predicted octanol–water partition coefficient (Wildman–Crippen LogP) is 2.61. The van der Waals surface area contributed by atoms with E-state index in [4.69, 9.17) is 4.74 Å². The quantitative estimate of drug-likeness (QED) is 0.594. The van der Waals surface area contributed by atoms with E-state index in [-0.39, 0.29) is 23.8 Å². The molecule has 0 atom stereocenters. The zero-order valence-corrected chi connectivity index (χ0v) is 12.0. The van der Waals surface area contributed by atoms with Crippen molar-refractivity contribution in [2.24, 2.45) is 0 Å². The highest BCUT2D eigenvalue weighted by Crippen LogP contribution is 2.39. The third-order valence-corrected chi connectivity index (χ3v) is 4.79. The lowest BCUT2D eigenvalue weighted by Gasteiger charge is -2.39. The van der Waals surface area contributed by atoms with Gasteiger partial charge in [0.05, 0.1) is 24.0 Å². The summed E-state index contributed by atoms with van der Waals surface area (Å²) >= 11 is 1.36. The van der Waals surface area contributed by atoms with Crippen LogP contribution in [0.4, 0.5) is 0 Å². The van der Waals surface area contributed by atoms with Gasteiger partial charge < -0.3 is 9.47 Å². The number of hydrogen-bond acceptors (Lipinski definition) is 5. The zero-order valence-electron chi connectivity index (χ0n) is 11.2. The summed E-state index contributed by atoms with van der Waals surface area (Å²) in [6, 6.07) is 3.60. The van der Waals surface area contributed by atoms with Crippen molar-refractivity contribution < 1.29 is 19.1 Å². The van der Waals surface area contributed by atoms with E-state index in [1.807, 2.05) is 6.07 Å². The Labute approximate surface area is 116 Å². The van der Waals surface area contributed by atoms with Crippen LogP contribution in [0.15, 0.2) is 12.1 Å². The molecule has 1 fully saturated rings. The van der Waals surface area contributed by atoms with E-state index in [9.17, 15) is 9.59 Å². The molecule has 0 aromatic carbocycles. The molecule has 0 unspecified atom stereocenters. The summed E-state index contributed by atoms with van der Waals surface area (Å²) in [5.41, 5.74) is -0.246. The van der Waals surface area contributed by atoms with Crippen LogP contribution in [0.25, 0.3) is 0 Å². The lowest BCUT2D eigenvalue weighted by Crippen LogP contribution is -2.41. The number of carbonyl (C=O) groups excluding carboxylic acids is 2. The number of carbonyl (C=O) groups is 2. The molecule has 5 heteroatoms. The van der Waals surface area contributed by atoms with Crippen LogP contribution in [0.5, 0.6) is 0 Å². The van der Waals surface area contributed by atoms with E-state index in [2.05, 4.69) is 4.74 Å². The summed E-state index contributed by atoms with van der Waals surface area (Å²) < 4.78 is 10.1. The molecule has 19 heavy (non-hydrogen) atoms. The normalized spacial score (nSPS) is 16.7. The molecule has 1 aliphatic carbocycles. The summed E-state index contributed by atoms with van der Waals surface area (Å²) in [5, 5.41) is 0. The highest BCUT2D eigenvalue weighted by molar-refractivity contribution is 7.14. The molecule has 104 valence electrons. The molecular formula is C14H18O4S. The van der Waals surface area contributed by atoms with Gasteiger partial charge in [-0.15, -0.1) is 11.3 Å². The molecule has 0 saturated heterocycles. The number of esters is 1. The molecule has 0 aliphatic heterocycles. The summed E-state index contributed by atoms with van der Waals surface area (Å²) in [7, 11) is 3.03. The molecule has 1 aliphatic rings. The van der Waals surface area contributed by atoms with Crippen LogP contribution < -0.4 is 0 Å². The van der Waals surface area contributed by atoms with E-state index < -0.39 is 0 Å². The first-order chi connectivity index (χ1) is 9.08. The third-order valence-electron chi connectivity index (χ3n) is 3.66. The number of methoxy groups -OCH3 is 2. The Morgan fingerprint density at radius 1 is 1.32 bits per heavy atom. The highest BCUT2D eigenvalue weighted by atomic mass is 32.1. The Kier molecular flexibility index (Phi) is 4.37. The van der Waals surface area contributed by atoms with Gasteiger partial charge in [0.1, 0.15) is 0 Å². The van der Waals surface area contributed by atoms with Crippen molar-refractivity contribution in [2.75, 3.05) is 14.2 Å². The standard InChI is InChI=1S/C14H18O4S/c1-17-13(16)8-10-4-5-12(19-10)11(15)9-14(18-2)6-3-7-14/h4-5H,3,6-9H2,1-2H3. The minimum absolute atomic E-state index is 0.0997. The van der Waals surface area contributed by atoms with Gasteiger partial charge >= 0.3 is 5.97 Å². The van der Waals surface area contributed by atoms with Crippen LogP contribution >= 0.6 is 11.3 Å². The Morgan fingerprint density at radius 3 is 2.58 bits per heavy atom.